The lowest BCUT2D eigenvalue weighted by Gasteiger charge is -2.29. The van der Waals surface area contributed by atoms with Crippen molar-refractivity contribution in [1.82, 2.24) is 10.6 Å². The third-order valence-corrected chi connectivity index (χ3v) is 2.66. The van der Waals surface area contributed by atoms with Crippen LogP contribution in [0.5, 0.6) is 0 Å². The third kappa shape index (κ3) is 2.13. The van der Waals surface area contributed by atoms with E-state index < -0.39 is 0 Å². The molecule has 2 N–H and O–H groups in total. The number of rotatable bonds is 3. The number of nitrogens with one attached hydrogen (secondary N) is 2. The molecule has 3 nitrogen and oxygen atoms in total. The number of aliphatic imine (C=N–C) groups is 1. The normalized spacial score (nSPS) is 17.1. The highest BCUT2D eigenvalue weighted by atomic mass is 15.2. The van der Waals surface area contributed by atoms with Crippen LogP contribution in [-0.2, 0) is 0 Å². The average Bonchev–Trinajstić information content (AvgIpc) is 2.57. The number of nitrogens with zero attached hydrogens (tertiary/aromatic N) is 1. The molecule has 0 saturated carbocycles. The zero-order valence-corrected chi connectivity index (χ0v) is 8.28. The maximum atomic E-state index is 4.31. The molecular weight excluding hydrogens is 150 g/mol. The van der Waals surface area contributed by atoms with Crippen molar-refractivity contribution in [3.8, 4) is 0 Å². The van der Waals surface area contributed by atoms with E-state index in [1.165, 1.54) is 0 Å². The van der Waals surface area contributed by atoms with Crippen LogP contribution in [0, 0.1) is 0 Å². The van der Waals surface area contributed by atoms with Crippen molar-refractivity contribution in [3.63, 3.8) is 0 Å². The second-order valence-electron chi connectivity index (χ2n) is 3.55. The lowest BCUT2D eigenvalue weighted by Crippen LogP contribution is -2.48. The molecule has 1 aliphatic rings. The summed E-state index contributed by atoms with van der Waals surface area (Å²) in [7, 11) is 0. The highest BCUT2D eigenvalue weighted by Crippen LogP contribution is 2.13. The Morgan fingerprint density at radius 2 is 2.17 bits per heavy atom. The van der Waals surface area contributed by atoms with Gasteiger partial charge in [0.05, 0.1) is 6.54 Å². The first-order valence-corrected chi connectivity index (χ1v) is 4.76. The summed E-state index contributed by atoms with van der Waals surface area (Å²) < 4.78 is 0. The molecule has 0 fully saturated rings. The highest BCUT2D eigenvalue weighted by molar-refractivity contribution is 5.81. The molecule has 0 aromatic rings. The van der Waals surface area contributed by atoms with Crippen molar-refractivity contribution in [2.24, 2.45) is 4.99 Å². The Labute approximate surface area is 74.6 Å². The van der Waals surface area contributed by atoms with Gasteiger partial charge in [0.15, 0.2) is 5.96 Å². The van der Waals surface area contributed by atoms with Gasteiger partial charge in [0.25, 0.3) is 0 Å². The van der Waals surface area contributed by atoms with E-state index in [2.05, 4.69) is 36.4 Å². The SMILES string of the molecule is CCC(C)(CC)NC1=NCCN1. The quantitative estimate of drug-likeness (QED) is 0.664. The van der Waals surface area contributed by atoms with E-state index in [-0.39, 0.29) is 5.54 Å². The minimum absolute atomic E-state index is 0.205. The fraction of sp³-hybridized carbons (Fsp3) is 0.889. The molecule has 12 heavy (non-hydrogen) atoms. The van der Waals surface area contributed by atoms with E-state index in [0.717, 1.165) is 31.9 Å². The Bertz CT molecular complexity index is 171. The lowest BCUT2D eigenvalue weighted by atomic mass is 9.96. The van der Waals surface area contributed by atoms with Gasteiger partial charge in [-0.2, -0.15) is 0 Å². The van der Waals surface area contributed by atoms with Crippen LogP contribution in [0.15, 0.2) is 4.99 Å². The molecule has 0 saturated heterocycles. The summed E-state index contributed by atoms with van der Waals surface area (Å²) in [5.74, 6) is 0.973. The van der Waals surface area contributed by atoms with E-state index in [0.29, 0.717) is 0 Å². The largest absolute Gasteiger partial charge is 0.355 e. The van der Waals surface area contributed by atoms with Gasteiger partial charge in [-0.1, -0.05) is 13.8 Å². The van der Waals surface area contributed by atoms with E-state index in [1.54, 1.807) is 0 Å². The monoisotopic (exact) mass is 169 g/mol. The van der Waals surface area contributed by atoms with Gasteiger partial charge in [0.2, 0.25) is 0 Å². The van der Waals surface area contributed by atoms with Crippen molar-refractivity contribution in [2.75, 3.05) is 13.1 Å². The molecule has 0 aromatic heterocycles. The summed E-state index contributed by atoms with van der Waals surface area (Å²) >= 11 is 0. The van der Waals surface area contributed by atoms with E-state index in [9.17, 15) is 0 Å². The van der Waals surface area contributed by atoms with Crippen molar-refractivity contribution >= 4 is 5.96 Å². The zero-order chi connectivity index (χ0) is 9.03. The average molecular weight is 169 g/mol. The van der Waals surface area contributed by atoms with Gasteiger partial charge < -0.3 is 10.6 Å². The van der Waals surface area contributed by atoms with Gasteiger partial charge in [-0.05, 0) is 19.8 Å². The predicted molar refractivity (Wildman–Crippen MR) is 52.4 cm³/mol. The second kappa shape index (κ2) is 3.78. The lowest BCUT2D eigenvalue weighted by molar-refractivity contribution is 0.386. The van der Waals surface area contributed by atoms with Gasteiger partial charge in [0.1, 0.15) is 0 Å². The number of hydrogen-bond donors (Lipinski definition) is 2. The van der Waals surface area contributed by atoms with Crippen molar-refractivity contribution in [2.45, 2.75) is 39.2 Å². The minimum atomic E-state index is 0.205. The fourth-order valence-electron chi connectivity index (χ4n) is 1.19. The van der Waals surface area contributed by atoms with Crippen LogP contribution in [0.4, 0.5) is 0 Å². The molecule has 1 rings (SSSR count). The summed E-state index contributed by atoms with van der Waals surface area (Å²) in [6, 6.07) is 0. The first-order valence-electron chi connectivity index (χ1n) is 4.76. The second-order valence-corrected chi connectivity index (χ2v) is 3.55. The minimum Gasteiger partial charge on any atom is -0.355 e. The van der Waals surface area contributed by atoms with E-state index in [1.807, 2.05) is 0 Å². The summed E-state index contributed by atoms with van der Waals surface area (Å²) in [6.45, 7) is 8.52. The van der Waals surface area contributed by atoms with Gasteiger partial charge in [-0.25, -0.2) is 0 Å². The smallest absolute Gasteiger partial charge is 0.191 e. The van der Waals surface area contributed by atoms with Gasteiger partial charge >= 0.3 is 0 Å². The summed E-state index contributed by atoms with van der Waals surface area (Å²) in [4.78, 5) is 4.31. The highest BCUT2D eigenvalue weighted by Gasteiger charge is 2.21. The van der Waals surface area contributed by atoms with Crippen LogP contribution >= 0.6 is 0 Å². The molecule has 0 bridgehead atoms. The number of guanidine groups is 1. The molecule has 0 atom stereocenters. The number of hydrogen-bond acceptors (Lipinski definition) is 3. The third-order valence-electron chi connectivity index (χ3n) is 2.66. The Morgan fingerprint density at radius 1 is 1.50 bits per heavy atom. The topological polar surface area (TPSA) is 36.4 Å². The molecule has 0 aliphatic carbocycles. The summed E-state index contributed by atoms with van der Waals surface area (Å²) in [5.41, 5.74) is 0.205. The van der Waals surface area contributed by atoms with Crippen LogP contribution in [0.25, 0.3) is 0 Å². The molecule has 1 aliphatic heterocycles. The van der Waals surface area contributed by atoms with Crippen LogP contribution in [-0.4, -0.2) is 24.6 Å². The van der Waals surface area contributed by atoms with Crippen molar-refractivity contribution < 1.29 is 0 Å². The predicted octanol–water partition coefficient (Wildman–Crippen LogP) is 1.11. The molecule has 3 heteroatoms. The Hall–Kier alpha value is -0.730. The summed E-state index contributed by atoms with van der Waals surface area (Å²) in [5, 5.41) is 6.65. The van der Waals surface area contributed by atoms with Crippen molar-refractivity contribution in [3.05, 3.63) is 0 Å². The van der Waals surface area contributed by atoms with Crippen LogP contribution < -0.4 is 10.6 Å². The molecule has 0 amide bonds. The van der Waals surface area contributed by atoms with E-state index in [4.69, 9.17) is 0 Å². The maximum absolute atomic E-state index is 4.31. The molecule has 0 radical (unpaired) electrons. The fourth-order valence-corrected chi connectivity index (χ4v) is 1.19. The Balaban J connectivity index is 2.46. The van der Waals surface area contributed by atoms with Crippen LogP contribution in [0.1, 0.15) is 33.6 Å². The van der Waals surface area contributed by atoms with Crippen LogP contribution in [0.2, 0.25) is 0 Å². The molecule has 70 valence electrons. The van der Waals surface area contributed by atoms with Crippen LogP contribution in [0.3, 0.4) is 0 Å². The molecule has 0 spiro atoms. The Kier molecular flexibility index (Phi) is 2.95. The molecule has 1 heterocycles. The van der Waals surface area contributed by atoms with Crippen molar-refractivity contribution in [1.29, 1.82) is 0 Å². The Morgan fingerprint density at radius 3 is 2.58 bits per heavy atom. The van der Waals surface area contributed by atoms with Gasteiger partial charge in [0, 0.05) is 12.1 Å². The molecule has 0 unspecified atom stereocenters. The maximum Gasteiger partial charge on any atom is 0.191 e. The first-order chi connectivity index (χ1) is 5.70. The van der Waals surface area contributed by atoms with Gasteiger partial charge in [-0.3, -0.25) is 4.99 Å². The first kappa shape index (κ1) is 9.36. The van der Waals surface area contributed by atoms with Gasteiger partial charge in [-0.15, -0.1) is 0 Å². The van der Waals surface area contributed by atoms with E-state index >= 15 is 0 Å². The molecule has 0 aromatic carbocycles. The molecular formula is C9H19N3. The standard InChI is InChI=1S/C9H19N3/c1-4-9(3,5-2)12-8-10-6-7-11-8/h4-7H2,1-3H3,(H2,10,11,12). The summed E-state index contributed by atoms with van der Waals surface area (Å²) in [6.07, 6.45) is 2.26. The zero-order valence-electron chi connectivity index (χ0n) is 8.28.